The van der Waals surface area contributed by atoms with Crippen molar-refractivity contribution in [2.24, 2.45) is 5.41 Å². The Morgan fingerprint density at radius 1 is 1.35 bits per heavy atom. The van der Waals surface area contributed by atoms with E-state index in [2.05, 4.69) is 31.1 Å². The number of aliphatic hydroxyl groups is 1. The van der Waals surface area contributed by atoms with Gasteiger partial charge in [0.25, 0.3) is 0 Å². The molecule has 0 atom stereocenters. The lowest BCUT2D eigenvalue weighted by atomic mass is 9.83. The fourth-order valence-corrected chi connectivity index (χ4v) is 2.66. The number of aromatic nitrogens is 1. The minimum atomic E-state index is 0.0400. The van der Waals surface area contributed by atoms with Crippen LogP contribution in [0.15, 0.2) is 6.20 Å². The first-order valence-corrected chi connectivity index (χ1v) is 7.26. The smallest absolute Gasteiger partial charge is 0.0925 e. The molecule has 1 aromatic rings. The molecule has 0 saturated carbocycles. The van der Waals surface area contributed by atoms with Gasteiger partial charge in [-0.3, -0.25) is 0 Å². The Balaban J connectivity index is 2.40. The number of aliphatic hydroxyl groups excluding tert-OH is 1. The lowest BCUT2D eigenvalue weighted by Crippen LogP contribution is -2.36. The topological polar surface area (TPSA) is 45.2 Å². The van der Waals surface area contributed by atoms with Crippen molar-refractivity contribution < 1.29 is 5.11 Å². The van der Waals surface area contributed by atoms with Crippen LogP contribution in [0, 0.1) is 5.41 Å². The van der Waals surface area contributed by atoms with E-state index >= 15 is 0 Å². The molecule has 98 valence electrons. The third-order valence-corrected chi connectivity index (χ3v) is 4.68. The van der Waals surface area contributed by atoms with Gasteiger partial charge in [-0.05, 0) is 19.3 Å². The monoisotopic (exact) mass is 256 g/mol. The molecule has 4 heteroatoms. The molecule has 0 saturated heterocycles. The summed E-state index contributed by atoms with van der Waals surface area (Å²) in [4.78, 5) is 5.62. The molecule has 0 aliphatic heterocycles. The first-order valence-electron chi connectivity index (χ1n) is 6.44. The zero-order valence-electron chi connectivity index (χ0n) is 11.1. The van der Waals surface area contributed by atoms with Crippen LogP contribution in [0.3, 0.4) is 0 Å². The van der Waals surface area contributed by atoms with Crippen molar-refractivity contribution in [2.45, 2.75) is 46.6 Å². The standard InChI is InChI=1S/C13H24N2OS/c1-4-12-15-8-11(17-12)7-14-9-13(5-2,6-3)10-16/h8,14,16H,4-7,9-10H2,1-3H3. The minimum absolute atomic E-state index is 0.0400. The summed E-state index contributed by atoms with van der Waals surface area (Å²) < 4.78 is 0. The number of hydrogen-bond donors (Lipinski definition) is 2. The molecule has 0 aliphatic carbocycles. The van der Waals surface area contributed by atoms with Crippen molar-refractivity contribution in [1.29, 1.82) is 0 Å². The van der Waals surface area contributed by atoms with Gasteiger partial charge in [-0.25, -0.2) is 4.98 Å². The molecular formula is C13H24N2OS. The molecule has 17 heavy (non-hydrogen) atoms. The van der Waals surface area contributed by atoms with Gasteiger partial charge in [0, 0.05) is 36.2 Å². The van der Waals surface area contributed by atoms with Gasteiger partial charge < -0.3 is 10.4 Å². The Hall–Kier alpha value is -0.450. The van der Waals surface area contributed by atoms with Crippen LogP contribution in [-0.4, -0.2) is 23.2 Å². The molecule has 0 bridgehead atoms. The van der Waals surface area contributed by atoms with Gasteiger partial charge in [0.2, 0.25) is 0 Å². The molecule has 0 fully saturated rings. The number of nitrogens with zero attached hydrogens (tertiary/aromatic N) is 1. The van der Waals surface area contributed by atoms with Gasteiger partial charge in [-0.2, -0.15) is 0 Å². The maximum atomic E-state index is 9.47. The average molecular weight is 256 g/mol. The fraction of sp³-hybridized carbons (Fsp3) is 0.769. The van der Waals surface area contributed by atoms with E-state index < -0.39 is 0 Å². The average Bonchev–Trinajstić information content (AvgIpc) is 2.83. The van der Waals surface area contributed by atoms with Crippen LogP contribution in [0.5, 0.6) is 0 Å². The third kappa shape index (κ3) is 4.05. The van der Waals surface area contributed by atoms with Gasteiger partial charge in [-0.15, -0.1) is 11.3 Å². The summed E-state index contributed by atoms with van der Waals surface area (Å²) in [6, 6.07) is 0. The van der Waals surface area contributed by atoms with E-state index in [1.54, 1.807) is 11.3 Å². The molecule has 0 amide bonds. The highest BCUT2D eigenvalue weighted by Gasteiger charge is 2.24. The zero-order chi connectivity index (χ0) is 12.7. The van der Waals surface area contributed by atoms with Gasteiger partial charge in [0.15, 0.2) is 0 Å². The van der Waals surface area contributed by atoms with Crippen LogP contribution in [0.1, 0.15) is 43.5 Å². The Kier molecular flexibility index (Phi) is 6.09. The van der Waals surface area contributed by atoms with E-state index in [0.717, 1.165) is 32.4 Å². The van der Waals surface area contributed by atoms with Crippen molar-refractivity contribution in [1.82, 2.24) is 10.3 Å². The SMILES string of the molecule is CCc1ncc(CNCC(CC)(CC)CO)s1. The Morgan fingerprint density at radius 3 is 2.53 bits per heavy atom. The number of rotatable bonds is 8. The summed E-state index contributed by atoms with van der Waals surface area (Å²) in [6.07, 6.45) is 4.98. The maximum Gasteiger partial charge on any atom is 0.0925 e. The van der Waals surface area contributed by atoms with Crippen LogP contribution >= 0.6 is 11.3 Å². The summed E-state index contributed by atoms with van der Waals surface area (Å²) in [5.41, 5.74) is 0.0400. The van der Waals surface area contributed by atoms with E-state index in [1.807, 2.05) is 6.20 Å². The second kappa shape index (κ2) is 7.09. The van der Waals surface area contributed by atoms with Gasteiger partial charge >= 0.3 is 0 Å². The number of thiazole rings is 1. The Bertz CT molecular complexity index is 313. The Morgan fingerprint density at radius 2 is 2.06 bits per heavy atom. The molecule has 0 unspecified atom stereocenters. The van der Waals surface area contributed by atoms with E-state index in [4.69, 9.17) is 0 Å². The van der Waals surface area contributed by atoms with Crippen molar-refractivity contribution >= 4 is 11.3 Å². The first-order chi connectivity index (χ1) is 8.19. The van der Waals surface area contributed by atoms with E-state index in [0.29, 0.717) is 0 Å². The lowest BCUT2D eigenvalue weighted by molar-refractivity contribution is 0.113. The van der Waals surface area contributed by atoms with Crippen LogP contribution in [-0.2, 0) is 13.0 Å². The maximum absolute atomic E-state index is 9.47. The van der Waals surface area contributed by atoms with Crippen LogP contribution in [0.4, 0.5) is 0 Å². The Labute approximate surface area is 108 Å². The van der Waals surface area contributed by atoms with Crippen molar-refractivity contribution in [2.75, 3.05) is 13.2 Å². The third-order valence-electron chi connectivity index (χ3n) is 3.54. The summed E-state index contributed by atoms with van der Waals surface area (Å²) in [5, 5.41) is 14.1. The number of hydrogen-bond acceptors (Lipinski definition) is 4. The van der Waals surface area contributed by atoms with Gasteiger partial charge in [-0.1, -0.05) is 20.8 Å². The van der Waals surface area contributed by atoms with Gasteiger partial charge in [0.1, 0.15) is 0 Å². The molecule has 0 aliphatic rings. The second-order valence-electron chi connectivity index (χ2n) is 4.54. The highest BCUT2D eigenvalue weighted by Crippen LogP contribution is 2.24. The van der Waals surface area contributed by atoms with E-state index in [-0.39, 0.29) is 12.0 Å². The van der Waals surface area contributed by atoms with Crippen LogP contribution in [0.25, 0.3) is 0 Å². The lowest BCUT2D eigenvalue weighted by Gasteiger charge is -2.29. The molecule has 0 aromatic carbocycles. The zero-order valence-corrected chi connectivity index (χ0v) is 11.9. The normalized spacial score (nSPS) is 12.0. The molecule has 2 N–H and O–H groups in total. The van der Waals surface area contributed by atoms with E-state index in [9.17, 15) is 5.11 Å². The highest BCUT2D eigenvalue weighted by molar-refractivity contribution is 7.11. The highest BCUT2D eigenvalue weighted by atomic mass is 32.1. The van der Waals surface area contributed by atoms with Crippen molar-refractivity contribution in [3.63, 3.8) is 0 Å². The fourth-order valence-electron chi connectivity index (χ4n) is 1.82. The molecule has 1 rings (SSSR count). The minimum Gasteiger partial charge on any atom is -0.396 e. The molecule has 1 aromatic heterocycles. The number of nitrogens with one attached hydrogen (secondary N) is 1. The first kappa shape index (κ1) is 14.6. The molecule has 0 spiro atoms. The van der Waals surface area contributed by atoms with Crippen LogP contribution < -0.4 is 5.32 Å². The number of aryl methyl sites for hydroxylation is 1. The van der Waals surface area contributed by atoms with Gasteiger partial charge in [0.05, 0.1) is 5.01 Å². The predicted molar refractivity (Wildman–Crippen MR) is 73.3 cm³/mol. The molecule has 1 heterocycles. The summed E-state index contributed by atoms with van der Waals surface area (Å²) in [5.74, 6) is 0. The molecule has 0 radical (unpaired) electrons. The van der Waals surface area contributed by atoms with E-state index in [1.165, 1.54) is 9.88 Å². The largest absolute Gasteiger partial charge is 0.396 e. The van der Waals surface area contributed by atoms with Crippen LogP contribution in [0.2, 0.25) is 0 Å². The second-order valence-corrected chi connectivity index (χ2v) is 5.74. The quantitative estimate of drug-likeness (QED) is 0.751. The molecule has 3 nitrogen and oxygen atoms in total. The summed E-state index contributed by atoms with van der Waals surface area (Å²) >= 11 is 1.77. The van der Waals surface area contributed by atoms with Crippen molar-refractivity contribution in [3.8, 4) is 0 Å². The van der Waals surface area contributed by atoms with Crippen molar-refractivity contribution in [3.05, 3.63) is 16.1 Å². The molecular weight excluding hydrogens is 232 g/mol. The summed E-state index contributed by atoms with van der Waals surface area (Å²) in [6.45, 7) is 8.40. The predicted octanol–water partition coefficient (Wildman–Crippen LogP) is 2.59. The summed E-state index contributed by atoms with van der Waals surface area (Å²) in [7, 11) is 0.